The first kappa shape index (κ1) is 19.4. The lowest BCUT2D eigenvalue weighted by Crippen LogP contribution is -2.40. The van der Waals surface area contributed by atoms with Crippen molar-refractivity contribution >= 4 is 29.8 Å². The Morgan fingerprint density at radius 1 is 0.880 bits per heavy atom. The van der Waals surface area contributed by atoms with Gasteiger partial charge in [0.1, 0.15) is 11.7 Å². The minimum absolute atomic E-state index is 0.501. The second kappa shape index (κ2) is 7.77. The van der Waals surface area contributed by atoms with Crippen LogP contribution in [0.25, 0.3) is 0 Å². The highest BCUT2D eigenvalue weighted by atomic mass is 16.6. The molecular formula is C14H12O11. The number of hydrogen-bond donors (Lipinski definition) is 5. The lowest BCUT2D eigenvalue weighted by atomic mass is 9.98. The summed E-state index contributed by atoms with van der Waals surface area (Å²) in [4.78, 5) is 55.7. The van der Waals surface area contributed by atoms with Gasteiger partial charge in [-0.05, 0) is 18.2 Å². The van der Waals surface area contributed by atoms with Gasteiger partial charge in [0, 0.05) is 0 Å². The molecule has 1 aromatic rings. The maximum Gasteiger partial charge on any atom is 0.345 e. The zero-order valence-corrected chi connectivity index (χ0v) is 12.3. The highest BCUT2D eigenvalue weighted by Gasteiger charge is 2.39. The van der Waals surface area contributed by atoms with Gasteiger partial charge < -0.3 is 30.3 Å². The number of benzene rings is 1. The van der Waals surface area contributed by atoms with E-state index in [-0.39, 0.29) is 0 Å². The van der Waals surface area contributed by atoms with E-state index < -0.39 is 65.2 Å². The molecular weight excluding hydrogens is 344 g/mol. The van der Waals surface area contributed by atoms with Crippen molar-refractivity contribution < 1.29 is 54.2 Å². The molecule has 0 heterocycles. The number of carbonyl (C=O) groups is 5. The number of esters is 1. The molecule has 0 fully saturated rings. The lowest BCUT2D eigenvalue weighted by Gasteiger charge is -2.19. The number of rotatable bonds is 8. The minimum atomic E-state index is -2.34. The predicted octanol–water partition coefficient (Wildman–Crippen LogP) is -0.124. The van der Waals surface area contributed by atoms with Crippen LogP contribution in [0.4, 0.5) is 0 Å². The Morgan fingerprint density at radius 2 is 1.44 bits per heavy atom. The molecule has 11 heteroatoms. The second-order valence-electron chi connectivity index (χ2n) is 4.78. The van der Waals surface area contributed by atoms with Crippen molar-refractivity contribution in [1.29, 1.82) is 0 Å². The third-order valence-corrected chi connectivity index (χ3v) is 2.96. The Kier molecular flexibility index (Phi) is 6.03. The van der Waals surface area contributed by atoms with E-state index in [9.17, 15) is 29.1 Å². The normalized spacial score (nSPS) is 12.6. The van der Waals surface area contributed by atoms with Gasteiger partial charge in [-0.25, -0.2) is 14.4 Å². The van der Waals surface area contributed by atoms with Gasteiger partial charge in [-0.15, -0.1) is 0 Å². The number of hydrogen-bond acceptors (Lipinski definition) is 7. The number of aromatic hydroxyl groups is 1. The number of carboxylic acids is 4. The summed E-state index contributed by atoms with van der Waals surface area (Å²) in [5, 5.41) is 44.9. The first-order valence-corrected chi connectivity index (χ1v) is 6.48. The van der Waals surface area contributed by atoms with Crippen LogP contribution < -0.4 is 0 Å². The van der Waals surface area contributed by atoms with E-state index >= 15 is 0 Å². The van der Waals surface area contributed by atoms with E-state index in [0.29, 0.717) is 0 Å². The number of aromatic carboxylic acids is 1. The van der Waals surface area contributed by atoms with Crippen LogP contribution in [0.15, 0.2) is 18.2 Å². The number of carboxylic acid groups (broad SMARTS) is 4. The summed E-state index contributed by atoms with van der Waals surface area (Å²) in [6.45, 7) is 0. The van der Waals surface area contributed by atoms with E-state index in [2.05, 4.69) is 4.74 Å². The summed E-state index contributed by atoms with van der Waals surface area (Å²) in [6.07, 6.45) is -3.46. The van der Waals surface area contributed by atoms with Gasteiger partial charge in [0.25, 0.3) is 0 Å². The van der Waals surface area contributed by atoms with Crippen LogP contribution in [-0.4, -0.2) is 61.5 Å². The number of phenolic OH excluding ortho intramolecular Hbond substituents is 1. The highest BCUT2D eigenvalue weighted by molar-refractivity contribution is 5.96. The van der Waals surface area contributed by atoms with Gasteiger partial charge >= 0.3 is 29.8 Å². The van der Waals surface area contributed by atoms with Crippen LogP contribution in [0.5, 0.6) is 5.75 Å². The monoisotopic (exact) mass is 356 g/mol. The average molecular weight is 356 g/mol. The largest absolute Gasteiger partial charge is 0.508 e. The van der Waals surface area contributed by atoms with Gasteiger partial charge in [-0.1, -0.05) is 0 Å². The molecule has 25 heavy (non-hydrogen) atoms. The first-order valence-electron chi connectivity index (χ1n) is 6.48. The van der Waals surface area contributed by atoms with Crippen molar-refractivity contribution in [2.75, 3.05) is 0 Å². The fourth-order valence-corrected chi connectivity index (χ4v) is 1.85. The topological polar surface area (TPSA) is 196 Å². The van der Waals surface area contributed by atoms with Crippen LogP contribution in [0, 0.1) is 5.92 Å². The summed E-state index contributed by atoms with van der Waals surface area (Å²) < 4.78 is 4.53. The fraction of sp³-hybridized carbons (Fsp3) is 0.214. The summed E-state index contributed by atoms with van der Waals surface area (Å²) in [7, 11) is 0. The molecule has 0 aliphatic carbocycles. The highest BCUT2D eigenvalue weighted by Crippen LogP contribution is 2.20. The summed E-state index contributed by atoms with van der Waals surface area (Å²) in [5.74, 6) is -11.0. The second-order valence-corrected chi connectivity index (χ2v) is 4.78. The van der Waals surface area contributed by atoms with E-state index in [1.165, 1.54) is 0 Å². The smallest absolute Gasteiger partial charge is 0.345 e. The van der Waals surface area contributed by atoms with Crippen molar-refractivity contribution in [2.24, 2.45) is 5.92 Å². The molecule has 0 bridgehead atoms. The van der Waals surface area contributed by atoms with Crippen LogP contribution in [0.2, 0.25) is 0 Å². The zero-order valence-electron chi connectivity index (χ0n) is 12.3. The van der Waals surface area contributed by atoms with Crippen molar-refractivity contribution in [2.45, 2.75) is 12.5 Å². The fourth-order valence-electron chi connectivity index (χ4n) is 1.85. The Bertz CT molecular complexity index is 736. The van der Waals surface area contributed by atoms with Crippen LogP contribution in [-0.2, 0) is 19.1 Å². The van der Waals surface area contributed by atoms with Gasteiger partial charge in [0.05, 0.1) is 17.5 Å². The molecule has 2 atom stereocenters. The maximum absolute atomic E-state index is 12.0. The number of ether oxygens (including phenoxy) is 1. The summed E-state index contributed by atoms with van der Waals surface area (Å²) in [5.41, 5.74) is -1.05. The van der Waals surface area contributed by atoms with Crippen molar-refractivity contribution in [3.05, 3.63) is 29.3 Å². The van der Waals surface area contributed by atoms with Crippen LogP contribution >= 0.6 is 0 Å². The number of phenols is 1. The third-order valence-electron chi connectivity index (χ3n) is 2.96. The Morgan fingerprint density at radius 3 is 1.88 bits per heavy atom. The van der Waals surface area contributed by atoms with E-state index in [1.807, 2.05) is 0 Å². The molecule has 1 aromatic carbocycles. The van der Waals surface area contributed by atoms with Gasteiger partial charge in [0.2, 0.25) is 6.10 Å². The standard InChI is InChI=1S/C14H12O11/c15-7-2-5(11(18)19)1-6(3-7)14(24)25-10(13(22)23)8(12(20)21)4-9(16)17/h1-3,8,10,15H,4H2,(H,16,17)(H,18,19)(H,20,21)(H,22,23). The molecule has 0 aliphatic heterocycles. The molecule has 11 nitrogen and oxygen atoms in total. The molecule has 0 radical (unpaired) electrons. The SMILES string of the molecule is O=C(O)CC(C(=O)O)C(OC(=O)c1cc(O)cc(C(=O)O)c1)C(=O)O. The van der Waals surface area contributed by atoms with Crippen molar-refractivity contribution in [3.63, 3.8) is 0 Å². The predicted molar refractivity (Wildman–Crippen MR) is 75.3 cm³/mol. The summed E-state index contributed by atoms with van der Waals surface area (Å²) >= 11 is 0. The first-order chi connectivity index (χ1) is 11.5. The van der Waals surface area contributed by atoms with Crippen molar-refractivity contribution in [1.82, 2.24) is 0 Å². The third kappa shape index (κ3) is 5.20. The van der Waals surface area contributed by atoms with Gasteiger partial charge in [-0.3, -0.25) is 9.59 Å². The molecule has 0 spiro atoms. The Hall–Kier alpha value is -3.63. The number of aliphatic carboxylic acids is 3. The van der Waals surface area contributed by atoms with Crippen LogP contribution in [0.3, 0.4) is 0 Å². The maximum atomic E-state index is 12.0. The summed E-state index contributed by atoms with van der Waals surface area (Å²) in [6, 6.07) is 2.37. The Labute approximate surface area is 138 Å². The van der Waals surface area contributed by atoms with E-state index in [0.717, 1.165) is 18.2 Å². The molecule has 0 saturated heterocycles. The van der Waals surface area contributed by atoms with E-state index in [1.54, 1.807) is 0 Å². The molecule has 1 rings (SSSR count). The molecule has 0 amide bonds. The zero-order chi connectivity index (χ0) is 19.3. The molecule has 134 valence electrons. The quantitative estimate of drug-likeness (QED) is 0.389. The average Bonchev–Trinajstić information content (AvgIpc) is 2.48. The number of carbonyl (C=O) groups excluding carboxylic acids is 1. The lowest BCUT2D eigenvalue weighted by molar-refractivity contribution is -0.162. The molecule has 0 aromatic heterocycles. The van der Waals surface area contributed by atoms with Crippen LogP contribution in [0.1, 0.15) is 27.1 Å². The minimum Gasteiger partial charge on any atom is -0.508 e. The molecule has 0 aliphatic rings. The van der Waals surface area contributed by atoms with E-state index in [4.69, 9.17) is 20.4 Å². The molecule has 0 saturated carbocycles. The Balaban J connectivity index is 3.15. The van der Waals surface area contributed by atoms with Gasteiger partial charge in [0.15, 0.2) is 0 Å². The molecule has 5 N–H and O–H groups in total. The van der Waals surface area contributed by atoms with Crippen molar-refractivity contribution in [3.8, 4) is 5.75 Å². The molecule has 2 unspecified atom stereocenters. The van der Waals surface area contributed by atoms with Gasteiger partial charge in [-0.2, -0.15) is 0 Å².